The van der Waals surface area contributed by atoms with Crippen molar-refractivity contribution in [2.24, 2.45) is 0 Å². The van der Waals surface area contributed by atoms with E-state index in [1.165, 1.54) is 10.7 Å². The average Bonchev–Trinajstić information content (AvgIpc) is 2.35. The molecular formula is C9H14OS. The van der Waals surface area contributed by atoms with E-state index in [1.807, 2.05) is 6.07 Å². The van der Waals surface area contributed by atoms with E-state index >= 15 is 0 Å². The maximum atomic E-state index is 5.49. The summed E-state index contributed by atoms with van der Waals surface area (Å²) >= 11 is 0. The summed E-state index contributed by atoms with van der Waals surface area (Å²) in [6.07, 6.45) is 10.9. The fourth-order valence-electron chi connectivity index (χ4n) is 1.50. The van der Waals surface area contributed by atoms with Crippen LogP contribution in [0.3, 0.4) is 0 Å². The zero-order valence-electron chi connectivity index (χ0n) is 7.16. The fourth-order valence-corrected chi connectivity index (χ4v) is 3.83. The molecule has 1 aliphatic rings. The summed E-state index contributed by atoms with van der Waals surface area (Å²) in [7, 11) is -1.72. The molecule has 11 heavy (non-hydrogen) atoms. The third kappa shape index (κ3) is 0.857. The molecular weight excluding hydrogens is 156 g/mol. The first kappa shape index (κ1) is 7.04. The van der Waals surface area contributed by atoms with E-state index in [1.54, 1.807) is 6.26 Å². The number of fused-ring (bicyclic) bond motifs is 1. The van der Waals surface area contributed by atoms with Crippen LogP contribution in [0.5, 0.6) is 0 Å². The van der Waals surface area contributed by atoms with Crippen LogP contribution in [0.2, 0.25) is 0 Å². The van der Waals surface area contributed by atoms with Gasteiger partial charge in [0.25, 0.3) is 0 Å². The topological polar surface area (TPSA) is 13.1 Å². The summed E-state index contributed by atoms with van der Waals surface area (Å²) in [4.78, 5) is 0. The van der Waals surface area contributed by atoms with Crippen molar-refractivity contribution in [2.75, 3.05) is 18.8 Å². The lowest BCUT2D eigenvalue weighted by Gasteiger charge is -2.43. The van der Waals surface area contributed by atoms with Gasteiger partial charge in [-0.2, -0.15) is 0 Å². The Labute approximate surface area is 67.4 Å². The van der Waals surface area contributed by atoms with Crippen molar-refractivity contribution < 1.29 is 4.42 Å². The standard InChI is InChI=1S/C9H14OS/c1-11(2,3)7-5-8-4-6-10-9(8)11/h4-7,11H,1-3H3. The van der Waals surface area contributed by atoms with E-state index in [2.05, 4.69) is 30.3 Å². The average molecular weight is 170 g/mol. The van der Waals surface area contributed by atoms with Gasteiger partial charge in [0.1, 0.15) is 5.09 Å². The zero-order valence-corrected chi connectivity index (χ0v) is 8.06. The summed E-state index contributed by atoms with van der Waals surface area (Å²) in [5, 5.41) is 3.52. The van der Waals surface area contributed by atoms with Crippen molar-refractivity contribution in [1.29, 1.82) is 0 Å². The number of rotatable bonds is 0. The highest BCUT2D eigenvalue weighted by Crippen LogP contribution is 2.72. The molecule has 0 saturated heterocycles. The van der Waals surface area contributed by atoms with Crippen LogP contribution < -0.4 is 0 Å². The van der Waals surface area contributed by atoms with Crippen LogP contribution in [0.4, 0.5) is 0 Å². The molecule has 1 aliphatic heterocycles. The molecule has 0 unspecified atom stereocenters. The third-order valence-corrected chi connectivity index (χ3v) is 5.19. The van der Waals surface area contributed by atoms with Crippen LogP contribution in [-0.2, 0) is 0 Å². The molecule has 0 amide bonds. The number of thiol groups is 1. The van der Waals surface area contributed by atoms with Crippen molar-refractivity contribution in [3.63, 3.8) is 0 Å². The summed E-state index contributed by atoms with van der Waals surface area (Å²) in [5.41, 5.74) is 1.27. The quantitative estimate of drug-likeness (QED) is 0.591. The Bertz CT molecular complexity index is 325. The lowest BCUT2D eigenvalue weighted by atomic mass is 10.3. The Morgan fingerprint density at radius 2 is 2.00 bits per heavy atom. The number of hydrogen-bond donors (Lipinski definition) is 1. The molecule has 0 saturated carbocycles. The predicted molar refractivity (Wildman–Crippen MR) is 52.8 cm³/mol. The first-order chi connectivity index (χ1) is 4.97. The Kier molecular flexibility index (Phi) is 1.01. The van der Waals surface area contributed by atoms with Gasteiger partial charge < -0.3 is 4.42 Å². The molecule has 0 bridgehead atoms. The van der Waals surface area contributed by atoms with E-state index in [0.717, 1.165) is 0 Å². The maximum Gasteiger partial charge on any atom is 0.138 e. The maximum absolute atomic E-state index is 5.49. The number of furan rings is 1. The van der Waals surface area contributed by atoms with Gasteiger partial charge in [-0.3, -0.25) is 0 Å². The lowest BCUT2D eigenvalue weighted by molar-refractivity contribution is 0.470. The molecule has 0 aromatic carbocycles. The van der Waals surface area contributed by atoms with E-state index in [0.29, 0.717) is 0 Å². The molecule has 2 rings (SSSR count). The Morgan fingerprint density at radius 3 is 2.64 bits per heavy atom. The molecule has 2 heteroatoms. The van der Waals surface area contributed by atoms with Gasteiger partial charge in [0.15, 0.2) is 0 Å². The first-order valence-electron chi connectivity index (χ1n) is 3.76. The highest BCUT2D eigenvalue weighted by molar-refractivity contribution is 8.50. The Balaban J connectivity index is 2.73. The molecule has 2 heterocycles. The number of hydrogen-bond acceptors (Lipinski definition) is 1. The summed E-state index contributed by atoms with van der Waals surface area (Å²) in [6, 6.07) is 2.04. The van der Waals surface area contributed by atoms with Crippen LogP contribution in [0, 0.1) is 0 Å². The van der Waals surface area contributed by atoms with Gasteiger partial charge >= 0.3 is 0 Å². The van der Waals surface area contributed by atoms with Gasteiger partial charge in [-0.15, -0.1) is 0 Å². The minimum atomic E-state index is -1.72. The van der Waals surface area contributed by atoms with Crippen LogP contribution in [0.15, 0.2) is 27.2 Å². The van der Waals surface area contributed by atoms with E-state index in [-0.39, 0.29) is 0 Å². The predicted octanol–water partition coefficient (Wildman–Crippen LogP) is 2.58. The third-order valence-electron chi connectivity index (χ3n) is 2.18. The van der Waals surface area contributed by atoms with Crippen LogP contribution >= 0.6 is 9.16 Å². The van der Waals surface area contributed by atoms with Gasteiger partial charge in [-0.25, -0.2) is 9.16 Å². The first-order valence-corrected chi connectivity index (χ1v) is 7.40. The SMILES string of the molecule is C[SH]1(C)(C)C=Cc2ccoc21. The van der Waals surface area contributed by atoms with E-state index < -0.39 is 9.16 Å². The van der Waals surface area contributed by atoms with Gasteiger partial charge in [0.05, 0.1) is 6.26 Å². The van der Waals surface area contributed by atoms with Crippen LogP contribution in [0.1, 0.15) is 5.56 Å². The zero-order chi connectivity index (χ0) is 8.14. The smallest absolute Gasteiger partial charge is 0.138 e. The molecule has 0 aliphatic carbocycles. The Hall–Kier alpha value is -0.630. The summed E-state index contributed by atoms with van der Waals surface area (Å²) < 4.78 is 5.49. The molecule has 0 N–H and O–H groups in total. The molecule has 1 aromatic rings. The normalized spacial score (nSPS) is 27.4. The molecule has 1 aromatic heterocycles. The van der Waals surface area contributed by atoms with Crippen molar-refractivity contribution >= 4 is 15.2 Å². The van der Waals surface area contributed by atoms with Crippen molar-refractivity contribution in [3.8, 4) is 0 Å². The second-order valence-corrected chi connectivity index (χ2v) is 10.9. The van der Waals surface area contributed by atoms with Gasteiger partial charge in [0, 0.05) is 5.56 Å². The molecule has 1 nitrogen and oxygen atoms in total. The van der Waals surface area contributed by atoms with E-state index in [4.69, 9.17) is 4.42 Å². The van der Waals surface area contributed by atoms with Gasteiger partial charge in [-0.05, 0) is 30.9 Å². The molecule has 0 atom stereocenters. The second-order valence-electron chi connectivity index (χ2n) is 4.41. The fraction of sp³-hybridized carbons (Fsp3) is 0.333. The molecule has 62 valence electrons. The summed E-state index contributed by atoms with van der Waals surface area (Å²) in [5.74, 6) is 0. The monoisotopic (exact) mass is 170 g/mol. The summed E-state index contributed by atoms with van der Waals surface area (Å²) in [6.45, 7) is 0. The molecule has 0 spiro atoms. The van der Waals surface area contributed by atoms with Crippen LogP contribution in [0.25, 0.3) is 6.08 Å². The minimum Gasteiger partial charge on any atom is -0.460 e. The van der Waals surface area contributed by atoms with Gasteiger partial charge in [-0.1, -0.05) is 5.41 Å². The van der Waals surface area contributed by atoms with E-state index in [9.17, 15) is 0 Å². The lowest BCUT2D eigenvalue weighted by Crippen LogP contribution is -2.06. The minimum absolute atomic E-state index is 1.20. The molecule has 0 radical (unpaired) electrons. The second kappa shape index (κ2) is 1.58. The van der Waals surface area contributed by atoms with Crippen molar-refractivity contribution in [3.05, 3.63) is 23.3 Å². The highest BCUT2D eigenvalue weighted by Gasteiger charge is 2.33. The van der Waals surface area contributed by atoms with Crippen molar-refractivity contribution in [1.82, 2.24) is 0 Å². The Morgan fingerprint density at radius 1 is 1.27 bits per heavy atom. The molecule has 0 fully saturated rings. The largest absolute Gasteiger partial charge is 0.460 e. The highest BCUT2D eigenvalue weighted by atomic mass is 32.3. The van der Waals surface area contributed by atoms with Crippen LogP contribution in [-0.4, -0.2) is 18.8 Å². The van der Waals surface area contributed by atoms with Gasteiger partial charge in [0.2, 0.25) is 0 Å². The van der Waals surface area contributed by atoms with Crippen molar-refractivity contribution in [2.45, 2.75) is 5.09 Å².